The molecule has 1 unspecified atom stereocenters. The van der Waals surface area contributed by atoms with Gasteiger partial charge in [0.1, 0.15) is 5.54 Å². The minimum absolute atomic E-state index is 0.00350. The monoisotopic (exact) mass is 367 g/mol. The van der Waals surface area contributed by atoms with Gasteiger partial charge < -0.3 is 15.2 Å². The lowest BCUT2D eigenvalue weighted by molar-refractivity contribution is -0.147. The number of phenolic OH excluding ortho intramolecular Hbond substituents is 1. The third-order valence-electron chi connectivity index (χ3n) is 3.80. The number of amides is 1. The molecule has 2 N–H and O–H groups in total. The number of hydrogen-bond acceptors (Lipinski definition) is 4. The van der Waals surface area contributed by atoms with Crippen LogP contribution in [0.1, 0.15) is 22.8 Å². The lowest BCUT2D eigenvalue weighted by Crippen LogP contribution is -2.54. The van der Waals surface area contributed by atoms with Crippen molar-refractivity contribution in [2.24, 2.45) is 0 Å². The fraction of sp³-hybridized carbons (Fsp3) is 0.222. The predicted octanol–water partition coefficient (Wildman–Crippen LogP) is 2.71. The Morgan fingerprint density at radius 1 is 1.15 bits per heavy atom. The average Bonchev–Trinajstić information content (AvgIpc) is 2.62. The van der Waals surface area contributed by atoms with Gasteiger partial charge in [-0.3, -0.25) is 4.79 Å². The summed E-state index contributed by atoms with van der Waals surface area (Å²) < 4.78 is 45.2. The Labute approximate surface area is 147 Å². The zero-order valence-corrected chi connectivity index (χ0v) is 14.0. The number of hydrogen-bond donors (Lipinski definition) is 2. The molecular formula is C18H16F3NO4. The van der Waals surface area contributed by atoms with Crippen LogP contribution in [0.2, 0.25) is 0 Å². The van der Waals surface area contributed by atoms with Crippen LogP contribution in [0.3, 0.4) is 0 Å². The number of phenols is 1. The Morgan fingerprint density at radius 2 is 1.77 bits per heavy atom. The second-order valence-electron chi connectivity index (χ2n) is 5.82. The third kappa shape index (κ3) is 3.79. The Morgan fingerprint density at radius 3 is 2.35 bits per heavy atom. The van der Waals surface area contributed by atoms with E-state index in [2.05, 4.69) is 5.32 Å². The molecule has 0 saturated heterocycles. The summed E-state index contributed by atoms with van der Waals surface area (Å²) in [5.74, 6) is -8.68. The molecule has 138 valence electrons. The van der Waals surface area contributed by atoms with Gasteiger partial charge in [-0.25, -0.2) is 13.6 Å². The Hall–Kier alpha value is -3.03. The molecule has 0 saturated carbocycles. The number of esters is 1. The van der Waals surface area contributed by atoms with Crippen molar-refractivity contribution >= 4 is 11.9 Å². The smallest absolute Gasteiger partial charge is 0.331 e. The molecule has 5 nitrogen and oxygen atoms in total. The van der Waals surface area contributed by atoms with Crippen molar-refractivity contribution in [1.82, 2.24) is 5.32 Å². The van der Waals surface area contributed by atoms with E-state index in [1.165, 1.54) is 6.92 Å². The van der Waals surface area contributed by atoms with Crippen molar-refractivity contribution in [2.75, 3.05) is 7.11 Å². The Kier molecular flexibility index (Phi) is 5.54. The summed E-state index contributed by atoms with van der Waals surface area (Å²) in [6, 6.07) is 8.93. The molecule has 2 rings (SSSR count). The first-order chi connectivity index (χ1) is 12.2. The molecule has 0 aliphatic rings. The van der Waals surface area contributed by atoms with Crippen LogP contribution in [0.15, 0.2) is 36.4 Å². The lowest BCUT2D eigenvalue weighted by atomic mass is 9.92. The molecule has 26 heavy (non-hydrogen) atoms. The molecule has 8 heteroatoms. The summed E-state index contributed by atoms with van der Waals surface area (Å²) >= 11 is 0. The Balaban J connectivity index is 2.37. The summed E-state index contributed by atoms with van der Waals surface area (Å²) in [7, 11) is 1.11. The Bertz CT molecular complexity index is 842. The van der Waals surface area contributed by atoms with E-state index >= 15 is 0 Å². The molecule has 0 aromatic heterocycles. The minimum atomic E-state index is -1.81. The molecule has 0 aliphatic heterocycles. The van der Waals surface area contributed by atoms with Crippen LogP contribution in [-0.2, 0) is 16.0 Å². The molecule has 1 atom stereocenters. The normalized spacial score (nSPS) is 13.0. The zero-order chi connectivity index (χ0) is 19.5. The maximum Gasteiger partial charge on any atom is 0.331 e. The molecule has 2 aromatic rings. The van der Waals surface area contributed by atoms with Crippen molar-refractivity contribution in [3.05, 3.63) is 65.0 Å². The number of aromatic hydroxyl groups is 1. The molecule has 0 heterocycles. The van der Waals surface area contributed by atoms with E-state index in [1.54, 1.807) is 30.3 Å². The summed E-state index contributed by atoms with van der Waals surface area (Å²) in [5, 5.41) is 11.5. The zero-order valence-electron chi connectivity index (χ0n) is 14.0. The molecule has 1 amide bonds. The highest BCUT2D eigenvalue weighted by atomic mass is 19.2. The van der Waals surface area contributed by atoms with E-state index in [9.17, 15) is 27.9 Å². The highest BCUT2D eigenvalue weighted by molar-refractivity contribution is 5.98. The van der Waals surface area contributed by atoms with Crippen molar-refractivity contribution in [3.8, 4) is 5.75 Å². The number of ether oxygens (including phenoxy) is 1. The molecule has 0 fully saturated rings. The van der Waals surface area contributed by atoms with Gasteiger partial charge in [-0.1, -0.05) is 30.3 Å². The van der Waals surface area contributed by atoms with Gasteiger partial charge in [0.2, 0.25) is 5.82 Å². The van der Waals surface area contributed by atoms with E-state index < -0.39 is 46.2 Å². The van der Waals surface area contributed by atoms with Crippen LogP contribution < -0.4 is 5.32 Å². The number of carbonyl (C=O) groups excluding carboxylic acids is 2. The summed E-state index contributed by atoms with van der Waals surface area (Å²) in [5.41, 5.74) is -1.88. The maximum absolute atomic E-state index is 13.9. The minimum Gasteiger partial charge on any atom is -0.503 e. The number of methoxy groups -OCH3 is 1. The van der Waals surface area contributed by atoms with Gasteiger partial charge in [-0.2, -0.15) is 4.39 Å². The molecule has 2 aromatic carbocycles. The van der Waals surface area contributed by atoms with Crippen LogP contribution in [0.5, 0.6) is 5.75 Å². The fourth-order valence-electron chi connectivity index (χ4n) is 2.47. The second kappa shape index (κ2) is 7.47. The maximum atomic E-state index is 13.9. The first kappa shape index (κ1) is 19.3. The van der Waals surface area contributed by atoms with Gasteiger partial charge in [0.15, 0.2) is 17.4 Å². The van der Waals surface area contributed by atoms with Crippen LogP contribution in [0.4, 0.5) is 13.2 Å². The topological polar surface area (TPSA) is 75.6 Å². The number of carbonyl (C=O) groups is 2. The van der Waals surface area contributed by atoms with Gasteiger partial charge >= 0.3 is 5.97 Å². The predicted molar refractivity (Wildman–Crippen MR) is 86.0 cm³/mol. The van der Waals surface area contributed by atoms with Crippen LogP contribution in [-0.4, -0.2) is 29.6 Å². The molecule has 0 spiro atoms. The number of rotatable bonds is 5. The average molecular weight is 367 g/mol. The van der Waals surface area contributed by atoms with E-state index in [4.69, 9.17) is 4.74 Å². The van der Waals surface area contributed by atoms with Gasteiger partial charge in [-0.05, 0) is 18.6 Å². The number of benzene rings is 2. The summed E-state index contributed by atoms with van der Waals surface area (Å²) in [4.78, 5) is 24.5. The van der Waals surface area contributed by atoms with Crippen LogP contribution in [0.25, 0.3) is 0 Å². The first-order valence-electron chi connectivity index (χ1n) is 7.51. The van der Waals surface area contributed by atoms with Crippen molar-refractivity contribution in [3.63, 3.8) is 0 Å². The standard InChI is InChI=1S/C18H16F3NO4/c1-18(17(25)26-2,9-10-6-4-3-5-7-10)22-16(24)11-8-12(19)14(21)15(23)13(11)20/h3-8,23H,9H2,1-2H3,(H,22,24). The van der Waals surface area contributed by atoms with E-state index in [0.717, 1.165) is 7.11 Å². The summed E-state index contributed by atoms with van der Waals surface area (Å²) in [6.45, 7) is 1.35. The number of halogens is 3. The molecular weight excluding hydrogens is 351 g/mol. The van der Waals surface area contributed by atoms with Crippen molar-refractivity contribution in [2.45, 2.75) is 18.9 Å². The van der Waals surface area contributed by atoms with Crippen molar-refractivity contribution < 1.29 is 32.6 Å². The van der Waals surface area contributed by atoms with Crippen molar-refractivity contribution in [1.29, 1.82) is 0 Å². The van der Waals surface area contributed by atoms with Gasteiger partial charge in [0.25, 0.3) is 5.91 Å². The highest BCUT2D eigenvalue weighted by Gasteiger charge is 2.37. The highest BCUT2D eigenvalue weighted by Crippen LogP contribution is 2.26. The fourth-order valence-corrected chi connectivity index (χ4v) is 2.47. The summed E-state index contributed by atoms with van der Waals surface area (Å²) in [6.07, 6.45) is 0.00350. The van der Waals surface area contributed by atoms with Crippen LogP contribution in [0, 0.1) is 17.5 Å². The van der Waals surface area contributed by atoms with Gasteiger partial charge in [0.05, 0.1) is 12.7 Å². The van der Waals surface area contributed by atoms with Gasteiger partial charge in [-0.15, -0.1) is 0 Å². The van der Waals surface area contributed by atoms with E-state index in [1.807, 2.05) is 0 Å². The quantitative estimate of drug-likeness (QED) is 0.629. The second-order valence-corrected chi connectivity index (χ2v) is 5.82. The number of nitrogens with one attached hydrogen (secondary N) is 1. The van der Waals surface area contributed by atoms with E-state index in [0.29, 0.717) is 11.6 Å². The largest absolute Gasteiger partial charge is 0.503 e. The van der Waals surface area contributed by atoms with Crippen LogP contribution >= 0.6 is 0 Å². The third-order valence-corrected chi connectivity index (χ3v) is 3.80. The van der Waals surface area contributed by atoms with E-state index in [-0.39, 0.29) is 6.42 Å². The molecule has 0 bridgehead atoms. The van der Waals surface area contributed by atoms with Gasteiger partial charge in [0, 0.05) is 6.42 Å². The molecule has 0 aliphatic carbocycles. The lowest BCUT2D eigenvalue weighted by Gasteiger charge is -2.28. The first-order valence-corrected chi connectivity index (χ1v) is 7.51. The molecule has 0 radical (unpaired) electrons. The SMILES string of the molecule is COC(=O)C(C)(Cc1ccccc1)NC(=O)c1cc(F)c(F)c(O)c1F.